The van der Waals surface area contributed by atoms with E-state index in [2.05, 4.69) is 39.9 Å². The number of pyridine rings is 1. The molecule has 4 heteroatoms. The maximum atomic E-state index is 4.55. The van der Waals surface area contributed by atoms with E-state index in [0.29, 0.717) is 6.04 Å². The molecule has 0 N–H and O–H groups in total. The predicted molar refractivity (Wildman–Crippen MR) is 68.3 cm³/mol. The lowest BCUT2D eigenvalue weighted by atomic mass is 10.2. The number of hydrogen-bond acceptors (Lipinski definition) is 2. The first kappa shape index (κ1) is 11.3. The van der Waals surface area contributed by atoms with Gasteiger partial charge in [-0.2, -0.15) is 5.10 Å². The Morgan fingerprint density at radius 3 is 2.62 bits per heavy atom. The van der Waals surface area contributed by atoms with Gasteiger partial charge in [0.25, 0.3) is 0 Å². The second kappa shape index (κ2) is 4.37. The van der Waals surface area contributed by atoms with Crippen molar-refractivity contribution in [3.05, 3.63) is 34.6 Å². The van der Waals surface area contributed by atoms with Crippen LogP contribution < -0.4 is 0 Å². The average Bonchev–Trinajstić information content (AvgIpc) is 2.61. The lowest BCUT2D eigenvalue weighted by molar-refractivity contribution is 0.533. The van der Waals surface area contributed by atoms with Crippen LogP contribution in [-0.2, 0) is 0 Å². The number of nitrogens with zero attached hydrogens (tertiary/aromatic N) is 3. The molecule has 0 bridgehead atoms. The number of halogens is 1. The van der Waals surface area contributed by atoms with Crippen LogP contribution in [0, 0.1) is 6.92 Å². The molecule has 0 spiro atoms. The van der Waals surface area contributed by atoms with Crippen LogP contribution in [0.1, 0.15) is 25.5 Å². The summed E-state index contributed by atoms with van der Waals surface area (Å²) in [4.78, 5) is 4.38. The maximum absolute atomic E-state index is 4.55. The van der Waals surface area contributed by atoms with Gasteiger partial charge in [-0.3, -0.25) is 9.67 Å². The Hall–Kier alpha value is -1.16. The number of rotatable bonds is 2. The van der Waals surface area contributed by atoms with Gasteiger partial charge in [0.05, 0.1) is 10.2 Å². The van der Waals surface area contributed by atoms with E-state index in [1.807, 2.05) is 29.9 Å². The number of hydrogen-bond donors (Lipinski definition) is 0. The van der Waals surface area contributed by atoms with E-state index in [9.17, 15) is 0 Å². The van der Waals surface area contributed by atoms with E-state index >= 15 is 0 Å². The molecule has 2 rings (SSSR count). The fraction of sp³-hybridized carbons (Fsp3) is 0.333. The fourth-order valence-electron chi connectivity index (χ4n) is 1.53. The smallest absolute Gasteiger partial charge is 0.125 e. The summed E-state index contributed by atoms with van der Waals surface area (Å²) < 4.78 is 2.93. The van der Waals surface area contributed by atoms with Crippen molar-refractivity contribution in [2.75, 3.05) is 0 Å². The molecule has 3 nitrogen and oxygen atoms in total. The Kier molecular flexibility index (Phi) is 3.10. The van der Waals surface area contributed by atoms with Gasteiger partial charge in [-0.25, -0.2) is 0 Å². The summed E-state index contributed by atoms with van der Waals surface area (Å²) in [5.74, 6) is 0. The van der Waals surface area contributed by atoms with Crippen LogP contribution in [0.3, 0.4) is 0 Å². The molecule has 0 saturated carbocycles. The molecule has 0 radical (unpaired) electrons. The minimum atomic E-state index is 0.356. The highest BCUT2D eigenvalue weighted by Gasteiger charge is 2.13. The van der Waals surface area contributed by atoms with Gasteiger partial charge in [0.2, 0.25) is 0 Å². The van der Waals surface area contributed by atoms with Crippen LogP contribution in [0.2, 0.25) is 0 Å². The number of aryl methyl sites for hydroxylation is 1. The van der Waals surface area contributed by atoms with Crippen LogP contribution in [0.4, 0.5) is 0 Å². The first-order valence-electron chi connectivity index (χ1n) is 5.26. The molecule has 2 heterocycles. The summed E-state index contributed by atoms with van der Waals surface area (Å²) in [7, 11) is 0. The Morgan fingerprint density at radius 1 is 1.31 bits per heavy atom. The zero-order valence-corrected chi connectivity index (χ0v) is 11.2. The second-order valence-electron chi connectivity index (χ2n) is 4.07. The Balaban J connectivity index is 2.52. The van der Waals surface area contributed by atoms with E-state index in [-0.39, 0.29) is 0 Å². The molecule has 0 fully saturated rings. The van der Waals surface area contributed by atoms with Crippen LogP contribution in [0.15, 0.2) is 29.0 Å². The van der Waals surface area contributed by atoms with E-state index < -0.39 is 0 Å². The van der Waals surface area contributed by atoms with Crippen molar-refractivity contribution in [2.24, 2.45) is 0 Å². The van der Waals surface area contributed by atoms with Gasteiger partial charge >= 0.3 is 0 Å². The van der Waals surface area contributed by atoms with Crippen LogP contribution in [-0.4, -0.2) is 14.8 Å². The molecule has 0 aromatic carbocycles. The van der Waals surface area contributed by atoms with E-state index in [0.717, 1.165) is 21.4 Å². The molecule has 0 amide bonds. The summed E-state index contributed by atoms with van der Waals surface area (Å²) in [5, 5.41) is 4.55. The Morgan fingerprint density at radius 2 is 2.06 bits per heavy atom. The second-order valence-corrected chi connectivity index (χ2v) is 4.92. The molecule has 0 aliphatic rings. The van der Waals surface area contributed by atoms with E-state index in [4.69, 9.17) is 0 Å². The molecule has 0 aliphatic carbocycles. The van der Waals surface area contributed by atoms with Gasteiger partial charge in [0.15, 0.2) is 0 Å². The monoisotopic (exact) mass is 279 g/mol. The average molecular weight is 280 g/mol. The first-order chi connectivity index (χ1) is 7.59. The van der Waals surface area contributed by atoms with Crippen LogP contribution >= 0.6 is 15.9 Å². The summed E-state index contributed by atoms with van der Waals surface area (Å²) in [5.41, 5.74) is 2.98. The molecule has 0 aliphatic heterocycles. The summed E-state index contributed by atoms with van der Waals surface area (Å²) >= 11 is 3.53. The van der Waals surface area contributed by atoms with Gasteiger partial charge in [0, 0.05) is 18.4 Å². The number of aromatic nitrogens is 3. The third kappa shape index (κ3) is 2.02. The van der Waals surface area contributed by atoms with Crippen molar-refractivity contribution in [1.29, 1.82) is 0 Å². The van der Waals surface area contributed by atoms with Crippen molar-refractivity contribution in [3.8, 4) is 11.4 Å². The van der Waals surface area contributed by atoms with Gasteiger partial charge < -0.3 is 0 Å². The summed E-state index contributed by atoms with van der Waals surface area (Å²) in [6, 6.07) is 4.34. The van der Waals surface area contributed by atoms with Crippen molar-refractivity contribution in [3.63, 3.8) is 0 Å². The van der Waals surface area contributed by atoms with Crippen molar-refractivity contribution in [1.82, 2.24) is 14.8 Å². The predicted octanol–water partition coefficient (Wildman–Crippen LogP) is 3.60. The minimum absolute atomic E-state index is 0.356. The Labute approximate surface area is 104 Å². The van der Waals surface area contributed by atoms with Gasteiger partial charge in [-0.15, -0.1) is 0 Å². The SMILES string of the molecule is Cc1cccnc1-c1nn(C(C)C)cc1Br. The molecule has 84 valence electrons. The van der Waals surface area contributed by atoms with E-state index in [1.165, 1.54) is 0 Å². The molecule has 2 aromatic heterocycles. The molecular weight excluding hydrogens is 266 g/mol. The highest BCUT2D eigenvalue weighted by Crippen LogP contribution is 2.28. The molecular formula is C12H14BrN3. The zero-order valence-electron chi connectivity index (χ0n) is 9.61. The minimum Gasteiger partial charge on any atom is -0.268 e. The van der Waals surface area contributed by atoms with Crippen molar-refractivity contribution >= 4 is 15.9 Å². The largest absolute Gasteiger partial charge is 0.268 e. The van der Waals surface area contributed by atoms with Crippen molar-refractivity contribution < 1.29 is 0 Å². The molecule has 0 atom stereocenters. The fourth-order valence-corrected chi connectivity index (χ4v) is 2.00. The summed E-state index contributed by atoms with van der Waals surface area (Å²) in [6.07, 6.45) is 3.79. The molecule has 2 aromatic rings. The first-order valence-corrected chi connectivity index (χ1v) is 6.05. The van der Waals surface area contributed by atoms with Gasteiger partial charge in [0.1, 0.15) is 5.69 Å². The molecule has 16 heavy (non-hydrogen) atoms. The zero-order chi connectivity index (χ0) is 11.7. The standard InChI is InChI=1S/C12H14BrN3/c1-8(2)16-7-10(13)12(15-16)11-9(3)5-4-6-14-11/h4-8H,1-3H3. The van der Waals surface area contributed by atoms with E-state index in [1.54, 1.807) is 6.20 Å². The normalized spacial score (nSPS) is 11.1. The third-order valence-corrected chi connectivity index (χ3v) is 3.03. The molecule has 0 saturated heterocycles. The van der Waals surface area contributed by atoms with Gasteiger partial charge in [-0.05, 0) is 48.3 Å². The highest BCUT2D eigenvalue weighted by molar-refractivity contribution is 9.10. The lowest BCUT2D eigenvalue weighted by Gasteiger charge is -2.04. The molecule has 0 unspecified atom stereocenters. The third-order valence-electron chi connectivity index (χ3n) is 2.45. The Bertz CT molecular complexity index is 503. The maximum Gasteiger partial charge on any atom is 0.125 e. The lowest BCUT2D eigenvalue weighted by Crippen LogP contribution is -2.01. The summed E-state index contributed by atoms with van der Waals surface area (Å²) in [6.45, 7) is 6.26. The van der Waals surface area contributed by atoms with Crippen molar-refractivity contribution in [2.45, 2.75) is 26.8 Å². The topological polar surface area (TPSA) is 30.7 Å². The quantitative estimate of drug-likeness (QED) is 0.841. The van der Waals surface area contributed by atoms with Crippen LogP contribution in [0.5, 0.6) is 0 Å². The highest BCUT2D eigenvalue weighted by atomic mass is 79.9. The van der Waals surface area contributed by atoms with Gasteiger partial charge in [-0.1, -0.05) is 6.07 Å². The van der Waals surface area contributed by atoms with Crippen LogP contribution in [0.25, 0.3) is 11.4 Å².